The number of pyridine rings is 1. The molecule has 0 saturated carbocycles. The van der Waals surface area contributed by atoms with Crippen LogP contribution in [-0.4, -0.2) is 27.8 Å². The molecule has 17 heavy (non-hydrogen) atoms. The summed E-state index contributed by atoms with van der Waals surface area (Å²) in [4.78, 5) is 21.0. The molecule has 0 saturated heterocycles. The molecule has 0 fully saturated rings. The first-order valence-electron chi connectivity index (χ1n) is 4.92. The first kappa shape index (κ1) is 11.7. The van der Waals surface area contributed by atoms with Crippen molar-refractivity contribution in [1.82, 2.24) is 14.9 Å². The summed E-state index contributed by atoms with van der Waals surface area (Å²) in [7, 11) is 1.63. The van der Waals surface area contributed by atoms with E-state index in [1.165, 1.54) is 34.4 Å². The van der Waals surface area contributed by atoms with Crippen molar-refractivity contribution < 1.29 is 9.18 Å². The van der Waals surface area contributed by atoms with E-state index in [0.717, 1.165) is 5.69 Å². The van der Waals surface area contributed by atoms with Crippen LogP contribution in [-0.2, 0) is 6.54 Å². The molecule has 0 bridgehead atoms. The van der Waals surface area contributed by atoms with E-state index in [2.05, 4.69) is 9.97 Å². The minimum Gasteiger partial charge on any atom is -0.334 e. The van der Waals surface area contributed by atoms with Crippen molar-refractivity contribution in [3.05, 3.63) is 46.4 Å². The average Bonchev–Trinajstić information content (AvgIpc) is 2.80. The Hall–Kier alpha value is -1.82. The SMILES string of the molecule is CN(Cc1cscn1)C(=O)c1cccc(F)n1. The van der Waals surface area contributed by atoms with Gasteiger partial charge in [0.15, 0.2) is 0 Å². The van der Waals surface area contributed by atoms with Crippen molar-refractivity contribution in [2.75, 3.05) is 7.05 Å². The van der Waals surface area contributed by atoms with E-state index < -0.39 is 5.95 Å². The third kappa shape index (κ3) is 2.85. The third-order valence-corrected chi connectivity index (χ3v) is 2.80. The van der Waals surface area contributed by atoms with Crippen LogP contribution < -0.4 is 0 Å². The lowest BCUT2D eigenvalue weighted by molar-refractivity contribution is 0.0776. The quantitative estimate of drug-likeness (QED) is 0.783. The van der Waals surface area contributed by atoms with Gasteiger partial charge < -0.3 is 4.90 Å². The second-order valence-corrected chi connectivity index (χ2v) is 4.21. The van der Waals surface area contributed by atoms with Crippen LogP contribution in [0, 0.1) is 5.95 Å². The van der Waals surface area contributed by atoms with Crippen LogP contribution in [0.4, 0.5) is 4.39 Å². The summed E-state index contributed by atoms with van der Waals surface area (Å²) in [5.74, 6) is -0.976. The van der Waals surface area contributed by atoms with Gasteiger partial charge in [-0.15, -0.1) is 11.3 Å². The Labute approximate surface area is 102 Å². The first-order chi connectivity index (χ1) is 8.16. The minimum absolute atomic E-state index is 0.0997. The zero-order chi connectivity index (χ0) is 12.3. The summed E-state index contributed by atoms with van der Waals surface area (Å²) in [6, 6.07) is 4.16. The molecule has 2 rings (SSSR count). The maximum atomic E-state index is 12.9. The number of nitrogens with zero attached hydrogens (tertiary/aromatic N) is 3. The molecule has 6 heteroatoms. The van der Waals surface area contributed by atoms with E-state index >= 15 is 0 Å². The van der Waals surface area contributed by atoms with Gasteiger partial charge in [0.25, 0.3) is 5.91 Å². The smallest absolute Gasteiger partial charge is 0.272 e. The van der Waals surface area contributed by atoms with Crippen LogP contribution >= 0.6 is 11.3 Å². The molecule has 0 atom stereocenters. The summed E-state index contributed by atoms with van der Waals surface area (Å²) in [5, 5.41) is 1.86. The van der Waals surface area contributed by atoms with Crippen LogP contribution in [0.3, 0.4) is 0 Å². The predicted molar refractivity (Wildman–Crippen MR) is 62.1 cm³/mol. The van der Waals surface area contributed by atoms with Crippen molar-refractivity contribution in [2.24, 2.45) is 0 Å². The van der Waals surface area contributed by atoms with Gasteiger partial charge in [-0.1, -0.05) is 6.07 Å². The van der Waals surface area contributed by atoms with Gasteiger partial charge >= 0.3 is 0 Å². The number of rotatable bonds is 3. The monoisotopic (exact) mass is 251 g/mol. The lowest BCUT2D eigenvalue weighted by Gasteiger charge is -2.15. The molecule has 2 heterocycles. The fourth-order valence-electron chi connectivity index (χ4n) is 1.35. The largest absolute Gasteiger partial charge is 0.334 e. The van der Waals surface area contributed by atoms with Crippen molar-refractivity contribution in [1.29, 1.82) is 0 Å². The molecular formula is C11H10FN3OS. The molecule has 0 aliphatic rings. The van der Waals surface area contributed by atoms with E-state index in [1.54, 1.807) is 12.6 Å². The highest BCUT2D eigenvalue weighted by molar-refractivity contribution is 7.07. The number of amides is 1. The number of carbonyl (C=O) groups excluding carboxylic acids is 1. The molecule has 2 aromatic heterocycles. The number of thiazole rings is 1. The molecule has 1 amide bonds. The predicted octanol–water partition coefficient (Wildman–Crippen LogP) is 1.95. The van der Waals surface area contributed by atoms with Crippen molar-refractivity contribution in [2.45, 2.75) is 6.54 Å². The summed E-state index contributed by atoms with van der Waals surface area (Å²) < 4.78 is 12.9. The Balaban J connectivity index is 2.09. The molecule has 2 aromatic rings. The zero-order valence-corrected chi connectivity index (χ0v) is 9.95. The van der Waals surface area contributed by atoms with Crippen LogP contribution in [0.15, 0.2) is 29.1 Å². The molecule has 0 spiro atoms. The van der Waals surface area contributed by atoms with Gasteiger partial charge in [-0.2, -0.15) is 4.39 Å². The maximum absolute atomic E-state index is 12.9. The molecule has 0 unspecified atom stereocenters. The van der Waals surface area contributed by atoms with E-state index in [1.807, 2.05) is 5.38 Å². The molecule has 88 valence electrons. The van der Waals surface area contributed by atoms with Gasteiger partial charge in [0.1, 0.15) is 5.69 Å². The second kappa shape index (κ2) is 5.01. The minimum atomic E-state index is -0.655. The lowest BCUT2D eigenvalue weighted by atomic mass is 10.3. The highest BCUT2D eigenvalue weighted by atomic mass is 32.1. The highest BCUT2D eigenvalue weighted by Gasteiger charge is 2.14. The van der Waals surface area contributed by atoms with Crippen LogP contribution in [0.2, 0.25) is 0 Å². The fourth-order valence-corrected chi connectivity index (χ4v) is 1.90. The molecular weight excluding hydrogens is 241 g/mol. The van der Waals surface area contributed by atoms with Crippen LogP contribution in [0.1, 0.15) is 16.2 Å². The summed E-state index contributed by atoms with van der Waals surface area (Å²) in [6.45, 7) is 0.389. The van der Waals surface area contributed by atoms with Gasteiger partial charge in [-0.25, -0.2) is 9.97 Å². The Kier molecular flexibility index (Phi) is 3.43. The van der Waals surface area contributed by atoms with Crippen molar-refractivity contribution in [3.8, 4) is 0 Å². The molecule has 0 aliphatic heterocycles. The molecule has 0 aliphatic carbocycles. The maximum Gasteiger partial charge on any atom is 0.272 e. The van der Waals surface area contributed by atoms with Crippen LogP contribution in [0.5, 0.6) is 0 Å². The van der Waals surface area contributed by atoms with E-state index in [4.69, 9.17) is 0 Å². The van der Waals surface area contributed by atoms with Gasteiger partial charge in [-0.05, 0) is 12.1 Å². The summed E-state index contributed by atoms with van der Waals surface area (Å²) in [6.07, 6.45) is 0. The van der Waals surface area contributed by atoms with Crippen molar-refractivity contribution >= 4 is 17.2 Å². The Morgan fingerprint density at radius 1 is 1.53 bits per heavy atom. The summed E-state index contributed by atoms with van der Waals surface area (Å²) >= 11 is 1.47. The van der Waals surface area contributed by atoms with Crippen molar-refractivity contribution in [3.63, 3.8) is 0 Å². The Morgan fingerprint density at radius 3 is 3.00 bits per heavy atom. The first-order valence-corrected chi connectivity index (χ1v) is 5.86. The zero-order valence-electron chi connectivity index (χ0n) is 9.13. The standard InChI is InChI=1S/C11H10FN3OS/c1-15(5-8-6-17-7-13-8)11(16)9-3-2-4-10(12)14-9/h2-4,6-7H,5H2,1H3. The number of halogens is 1. The van der Waals surface area contributed by atoms with Gasteiger partial charge in [0, 0.05) is 12.4 Å². The van der Waals surface area contributed by atoms with E-state index in [0.29, 0.717) is 6.54 Å². The van der Waals surface area contributed by atoms with Gasteiger partial charge in [-0.3, -0.25) is 4.79 Å². The highest BCUT2D eigenvalue weighted by Crippen LogP contribution is 2.07. The second-order valence-electron chi connectivity index (χ2n) is 3.49. The number of carbonyl (C=O) groups is 1. The molecule has 0 radical (unpaired) electrons. The topological polar surface area (TPSA) is 46.1 Å². The molecule has 0 aromatic carbocycles. The molecule has 4 nitrogen and oxygen atoms in total. The number of hydrogen-bond acceptors (Lipinski definition) is 4. The van der Waals surface area contributed by atoms with Gasteiger partial charge in [0.2, 0.25) is 5.95 Å². The third-order valence-electron chi connectivity index (χ3n) is 2.16. The molecule has 0 N–H and O–H groups in total. The van der Waals surface area contributed by atoms with E-state index in [9.17, 15) is 9.18 Å². The average molecular weight is 251 g/mol. The van der Waals surface area contributed by atoms with Crippen LogP contribution in [0.25, 0.3) is 0 Å². The Morgan fingerprint density at radius 2 is 2.35 bits per heavy atom. The Bertz CT molecular complexity index is 515. The van der Waals surface area contributed by atoms with Gasteiger partial charge in [0.05, 0.1) is 17.7 Å². The fraction of sp³-hybridized carbons (Fsp3) is 0.182. The normalized spacial score (nSPS) is 10.2. The van der Waals surface area contributed by atoms with E-state index in [-0.39, 0.29) is 11.6 Å². The number of aromatic nitrogens is 2. The lowest BCUT2D eigenvalue weighted by Crippen LogP contribution is -2.27. The summed E-state index contributed by atoms with van der Waals surface area (Å²) in [5.41, 5.74) is 2.61. The number of hydrogen-bond donors (Lipinski definition) is 0.